The van der Waals surface area contributed by atoms with Crippen molar-refractivity contribution in [3.8, 4) is 11.4 Å². The van der Waals surface area contributed by atoms with E-state index in [1.165, 1.54) is 31.6 Å². The molecule has 14 heteroatoms. The number of thioether (sulfide) groups is 1. The first-order valence-corrected chi connectivity index (χ1v) is 11.0. The topological polar surface area (TPSA) is 131 Å². The van der Waals surface area contributed by atoms with Crippen molar-refractivity contribution in [2.24, 2.45) is 13.0 Å². The van der Waals surface area contributed by atoms with Crippen LogP contribution in [-0.4, -0.2) is 46.6 Å². The van der Waals surface area contributed by atoms with E-state index in [0.29, 0.717) is 17.3 Å². The number of nitrogens with two attached hydrogens (primary N) is 1. The second-order valence-corrected chi connectivity index (χ2v) is 8.81. The zero-order valence-electron chi connectivity index (χ0n) is 18.5. The molecular weight excluding hydrogens is 475 g/mol. The highest BCUT2D eigenvalue weighted by molar-refractivity contribution is 7.99. The molecule has 3 rings (SSSR count). The third-order valence-electron chi connectivity index (χ3n) is 4.73. The SMILES string of the molecule is CC(C)Cn1c(N)c(C(=O)CSc2nnc(-c3ccncc3)n2CC(F)(F)F)c(=O)n(C)c1=O. The molecule has 34 heavy (non-hydrogen) atoms. The summed E-state index contributed by atoms with van der Waals surface area (Å²) in [6.07, 6.45) is -1.76. The van der Waals surface area contributed by atoms with Gasteiger partial charge < -0.3 is 5.73 Å². The Morgan fingerprint density at radius 1 is 1.15 bits per heavy atom. The third kappa shape index (κ3) is 5.38. The Morgan fingerprint density at radius 2 is 1.79 bits per heavy atom. The lowest BCUT2D eigenvalue weighted by Gasteiger charge is -2.16. The van der Waals surface area contributed by atoms with Crippen LogP contribution < -0.4 is 17.0 Å². The number of pyridine rings is 1. The fraction of sp³-hybridized carbons (Fsp3) is 0.400. The predicted molar refractivity (Wildman–Crippen MR) is 120 cm³/mol. The smallest absolute Gasteiger partial charge is 0.384 e. The van der Waals surface area contributed by atoms with Gasteiger partial charge >= 0.3 is 11.9 Å². The third-order valence-corrected chi connectivity index (χ3v) is 5.70. The van der Waals surface area contributed by atoms with Crippen LogP contribution in [0.25, 0.3) is 11.4 Å². The van der Waals surface area contributed by atoms with Gasteiger partial charge in [-0.05, 0) is 18.1 Å². The molecule has 3 heterocycles. The quantitative estimate of drug-likeness (QED) is 0.369. The van der Waals surface area contributed by atoms with Gasteiger partial charge in [-0.15, -0.1) is 10.2 Å². The van der Waals surface area contributed by atoms with Gasteiger partial charge in [0.25, 0.3) is 5.56 Å². The highest BCUT2D eigenvalue weighted by atomic mass is 32.2. The zero-order valence-corrected chi connectivity index (χ0v) is 19.4. The molecule has 0 aliphatic carbocycles. The molecule has 0 saturated heterocycles. The summed E-state index contributed by atoms with van der Waals surface area (Å²) >= 11 is 0.686. The van der Waals surface area contributed by atoms with Crippen LogP contribution in [0.4, 0.5) is 19.0 Å². The van der Waals surface area contributed by atoms with E-state index in [0.717, 1.165) is 13.7 Å². The monoisotopic (exact) mass is 497 g/mol. The fourth-order valence-electron chi connectivity index (χ4n) is 3.22. The standard InChI is InChI=1S/C20H22F3N7O3S/c1-11(2)8-29-15(24)14(17(32)28(3)19(29)33)13(31)9-34-18-27-26-16(12-4-6-25-7-5-12)30(18)10-20(21,22)23/h4-7,11H,8-10,24H2,1-3H3. The van der Waals surface area contributed by atoms with Crippen molar-refractivity contribution in [2.45, 2.75) is 38.3 Å². The molecule has 3 aromatic heterocycles. The Kier molecular flexibility index (Phi) is 7.29. The minimum absolute atomic E-state index is 0.00218. The summed E-state index contributed by atoms with van der Waals surface area (Å²) in [6, 6.07) is 2.97. The van der Waals surface area contributed by atoms with Crippen molar-refractivity contribution in [1.82, 2.24) is 28.9 Å². The second kappa shape index (κ2) is 9.83. The highest BCUT2D eigenvalue weighted by Gasteiger charge is 2.32. The number of alkyl halides is 3. The minimum atomic E-state index is -4.57. The van der Waals surface area contributed by atoms with Crippen molar-refractivity contribution in [3.05, 3.63) is 50.9 Å². The van der Waals surface area contributed by atoms with E-state index in [2.05, 4.69) is 15.2 Å². The number of carbonyl (C=O) groups excluding carboxylic acids is 1. The van der Waals surface area contributed by atoms with Crippen LogP contribution in [0.2, 0.25) is 0 Å². The average Bonchev–Trinajstić information content (AvgIpc) is 3.15. The maximum Gasteiger partial charge on any atom is 0.406 e. The molecule has 0 saturated carbocycles. The van der Waals surface area contributed by atoms with Crippen LogP contribution in [0.5, 0.6) is 0 Å². The number of nitrogen functional groups attached to an aromatic ring is 1. The van der Waals surface area contributed by atoms with Gasteiger partial charge in [-0.1, -0.05) is 25.6 Å². The maximum atomic E-state index is 13.2. The molecule has 0 aliphatic rings. The Labute approximate surface area is 195 Å². The number of hydrogen-bond acceptors (Lipinski definition) is 8. The molecule has 10 nitrogen and oxygen atoms in total. The van der Waals surface area contributed by atoms with Crippen molar-refractivity contribution in [2.75, 3.05) is 11.5 Å². The Balaban J connectivity index is 1.95. The molecule has 0 bridgehead atoms. The fourth-order valence-corrected chi connectivity index (χ4v) is 4.03. The van der Waals surface area contributed by atoms with Crippen LogP contribution in [0, 0.1) is 5.92 Å². The largest absolute Gasteiger partial charge is 0.406 e. The van der Waals surface area contributed by atoms with Crippen molar-refractivity contribution < 1.29 is 18.0 Å². The first-order chi connectivity index (χ1) is 15.9. The lowest BCUT2D eigenvalue weighted by molar-refractivity contribution is -0.141. The maximum absolute atomic E-state index is 13.2. The summed E-state index contributed by atoms with van der Waals surface area (Å²) in [7, 11) is 1.23. The van der Waals surface area contributed by atoms with E-state index in [1.807, 2.05) is 13.8 Å². The molecule has 2 N–H and O–H groups in total. The summed E-state index contributed by atoms with van der Waals surface area (Å²) < 4.78 is 42.5. The predicted octanol–water partition coefficient (Wildman–Crippen LogP) is 1.98. The number of anilines is 1. The summed E-state index contributed by atoms with van der Waals surface area (Å²) in [4.78, 5) is 41.8. The van der Waals surface area contributed by atoms with E-state index in [4.69, 9.17) is 5.73 Å². The number of ketones is 1. The number of nitrogens with zero attached hydrogens (tertiary/aromatic N) is 6. The van der Waals surface area contributed by atoms with E-state index < -0.39 is 41.1 Å². The number of Topliss-reactive ketones (excluding diaryl/α,β-unsaturated/α-hetero) is 1. The zero-order chi connectivity index (χ0) is 25.2. The second-order valence-electron chi connectivity index (χ2n) is 7.87. The molecule has 0 spiro atoms. The summed E-state index contributed by atoms with van der Waals surface area (Å²) in [6.45, 7) is 2.48. The van der Waals surface area contributed by atoms with Gasteiger partial charge in [0.2, 0.25) is 0 Å². The summed E-state index contributed by atoms with van der Waals surface area (Å²) in [5.41, 5.74) is 4.43. The number of carbonyl (C=O) groups is 1. The Morgan fingerprint density at radius 3 is 2.38 bits per heavy atom. The molecule has 0 aliphatic heterocycles. The van der Waals surface area contributed by atoms with E-state index in [1.54, 1.807) is 0 Å². The molecule has 0 aromatic carbocycles. The minimum Gasteiger partial charge on any atom is -0.384 e. The Hall–Kier alpha value is -3.42. The molecule has 0 unspecified atom stereocenters. The number of aromatic nitrogens is 6. The van der Waals surface area contributed by atoms with Gasteiger partial charge in [0.1, 0.15) is 17.9 Å². The van der Waals surface area contributed by atoms with E-state index >= 15 is 0 Å². The van der Waals surface area contributed by atoms with Crippen LogP contribution in [0.1, 0.15) is 24.2 Å². The van der Waals surface area contributed by atoms with E-state index in [9.17, 15) is 27.6 Å². The molecule has 0 amide bonds. The van der Waals surface area contributed by atoms with Crippen molar-refractivity contribution in [3.63, 3.8) is 0 Å². The normalized spacial score (nSPS) is 11.9. The molecular formula is C20H22F3N7O3S. The average molecular weight is 498 g/mol. The lowest BCUT2D eigenvalue weighted by Crippen LogP contribution is -2.43. The lowest BCUT2D eigenvalue weighted by atomic mass is 10.2. The van der Waals surface area contributed by atoms with Gasteiger partial charge in [-0.3, -0.25) is 28.3 Å². The van der Waals surface area contributed by atoms with Crippen molar-refractivity contribution >= 4 is 23.4 Å². The van der Waals surface area contributed by atoms with Crippen LogP contribution >= 0.6 is 11.8 Å². The molecule has 0 fully saturated rings. The highest BCUT2D eigenvalue weighted by Crippen LogP contribution is 2.28. The van der Waals surface area contributed by atoms with Crippen molar-refractivity contribution in [1.29, 1.82) is 0 Å². The molecule has 0 radical (unpaired) electrons. The van der Waals surface area contributed by atoms with Gasteiger partial charge in [-0.2, -0.15) is 13.2 Å². The van der Waals surface area contributed by atoms with Gasteiger partial charge in [-0.25, -0.2) is 4.79 Å². The number of rotatable bonds is 8. The van der Waals surface area contributed by atoms with Crippen LogP contribution in [-0.2, 0) is 20.1 Å². The molecule has 3 aromatic rings. The number of hydrogen-bond donors (Lipinski definition) is 1. The van der Waals surface area contributed by atoms with Gasteiger partial charge in [0.05, 0.1) is 5.75 Å². The summed E-state index contributed by atoms with van der Waals surface area (Å²) in [5.74, 6) is -1.50. The molecule has 0 atom stereocenters. The first kappa shape index (κ1) is 25.2. The Bertz CT molecular complexity index is 1310. The molecule has 182 valence electrons. The van der Waals surface area contributed by atoms with E-state index in [-0.39, 0.29) is 29.3 Å². The summed E-state index contributed by atoms with van der Waals surface area (Å²) in [5, 5.41) is 7.49. The van der Waals surface area contributed by atoms with Crippen LogP contribution in [0.3, 0.4) is 0 Å². The first-order valence-electron chi connectivity index (χ1n) is 10.1. The van der Waals surface area contributed by atoms with Crippen LogP contribution in [0.15, 0.2) is 39.3 Å². The number of halogens is 3. The van der Waals surface area contributed by atoms with Gasteiger partial charge in [0.15, 0.2) is 16.8 Å². The van der Waals surface area contributed by atoms with Gasteiger partial charge in [0, 0.05) is 31.5 Å².